The summed E-state index contributed by atoms with van der Waals surface area (Å²) in [7, 11) is 2.00. The Morgan fingerprint density at radius 1 is 1.14 bits per heavy atom. The lowest BCUT2D eigenvalue weighted by molar-refractivity contribution is 0.837. The van der Waals surface area contributed by atoms with Gasteiger partial charge < -0.3 is 4.57 Å². The molecule has 0 N–H and O–H groups in total. The highest BCUT2D eigenvalue weighted by atomic mass is 32.2. The standard InChI is InChI=1S/C15H17N5S/c1-11-6-4-5-7-13(11)20-12(2)17-18-15(20)21-10-14-16-8-9-19(14)3/h4-9H,10H2,1-3H3. The Kier molecular flexibility index (Phi) is 3.79. The molecule has 0 amide bonds. The zero-order chi connectivity index (χ0) is 14.8. The molecule has 2 heterocycles. The van der Waals surface area contributed by atoms with Crippen LogP contribution in [-0.2, 0) is 12.8 Å². The van der Waals surface area contributed by atoms with Crippen molar-refractivity contribution >= 4 is 11.8 Å². The molecule has 0 bridgehead atoms. The van der Waals surface area contributed by atoms with Gasteiger partial charge in [-0.15, -0.1) is 10.2 Å². The van der Waals surface area contributed by atoms with E-state index in [1.54, 1.807) is 11.8 Å². The van der Waals surface area contributed by atoms with Crippen LogP contribution < -0.4 is 0 Å². The Bertz CT molecular complexity index is 759. The van der Waals surface area contributed by atoms with E-state index in [0.717, 1.165) is 28.2 Å². The molecule has 0 aliphatic rings. The summed E-state index contributed by atoms with van der Waals surface area (Å²) in [4.78, 5) is 4.34. The molecule has 2 aromatic heterocycles. The van der Waals surface area contributed by atoms with Crippen molar-refractivity contribution in [2.45, 2.75) is 24.8 Å². The predicted octanol–water partition coefficient (Wildman–Crippen LogP) is 2.91. The molecule has 0 radical (unpaired) electrons. The van der Waals surface area contributed by atoms with Crippen LogP contribution >= 0.6 is 11.8 Å². The van der Waals surface area contributed by atoms with Crippen molar-refractivity contribution in [3.63, 3.8) is 0 Å². The first-order chi connectivity index (χ1) is 10.2. The summed E-state index contributed by atoms with van der Waals surface area (Å²) < 4.78 is 4.12. The summed E-state index contributed by atoms with van der Waals surface area (Å²) >= 11 is 1.65. The maximum atomic E-state index is 4.34. The second-order valence-electron chi connectivity index (χ2n) is 4.89. The largest absolute Gasteiger partial charge is 0.337 e. The van der Waals surface area contributed by atoms with Gasteiger partial charge >= 0.3 is 0 Å². The van der Waals surface area contributed by atoms with E-state index < -0.39 is 0 Å². The van der Waals surface area contributed by atoms with E-state index in [4.69, 9.17) is 0 Å². The smallest absolute Gasteiger partial charge is 0.196 e. The number of rotatable bonds is 4. The van der Waals surface area contributed by atoms with Crippen LogP contribution in [0.1, 0.15) is 17.2 Å². The van der Waals surface area contributed by atoms with Crippen LogP contribution in [0.25, 0.3) is 5.69 Å². The van der Waals surface area contributed by atoms with Crippen LogP contribution in [-0.4, -0.2) is 24.3 Å². The summed E-state index contributed by atoms with van der Waals surface area (Å²) in [5, 5.41) is 9.42. The quantitative estimate of drug-likeness (QED) is 0.695. The lowest BCUT2D eigenvalue weighted by Crippen LogP contribution is -2.02. The van der Waals surface area contributed by atoms with Gasteiger partial charge in [-0.05, 0) is 25.5 Å². The summed E-state index contributed by atoms with van der Waals surface area (Å²) in [5.74, 6) is 2.69. The molecule has 6 heteroatoms. The molecular weight excluding hydrogens is 282 g/mol. The van der Waals surface area contributed by atoms with Crippen molar-refractivity contribution in [2.75, 3.05) is 0 Å². The van der Waals surface area contributed by atoms with E-state index in [1.165, 1.54) is 5.56 Å². The Morgan fingerprint density at radius 2 is 1.95 bits per heavy atom. The van der Waals surface area contributed by atoms with E-state index in [1.807, 2.05) is 43.1 Å². The molecule has 3 aromatic rings. The molecule has 5 nitrogen and oxygen atoms in total. The Morgan fingerprint density at radius 3 is 2.67 bits per heavy atom. The van der Waals surface area contributed by atoms with Gasteiger partial charge in [0, 0.05) is 19.4 Å². The minimum Gasteiger partial charge on any atom is -0.337 e. The van der Waals surface area contributed by atoms with Gasteiger partial charge in [0.1, 0.15) is 11.6 Å². The number of nitrogens with zero attached hydrogens (tertiary/aromatic N) is 5. The highest BCUT2D eigenvalue weighted by Gasteiger charge is 2.13. The van der Waals surface area contributed by atoms with Crippen LogP contribution in [0.5, 0.6) is 0 Å². The van der Waals surface area contributed by atoms with E-state index in [0.29, 0.717) is 0 Å². The molecule has 3 rings (SSSR count). The SMILES string of the molecule is Cc1ccccc1-n1c(C)nnc1SCc1nccn1C. The molecule has 0 saturated carbocycles. The van der Waals surface area contributed by atoms with Gasteiger partial charge in [0.05, 0.1) is 11.4 Å². The third-order valence-electron chi connectivity index (χ3n) is 3.40. The molecule has 0 saturated heterocycles. The Balaban J connectivity index is 1.91. The fourth-order valence-electron chi connectivity index (χ4n) is 2.19. The Labute approximate surface area is 128 Å². The second-order valence-corrected chi connectivity index (χ2v) is 5.84. The van der Waals surface area contributed by atoms with E-state index in [2.05, 4.69) is 38.8 Å². The van der Waals surface area contributed by atoms with Gasteiger partial charge in [-0.3, -0.25) is 4.57 Å². The van der Waals surface area contributed by atoms with Crippen molar-refractivity contribution in [2.24, 2.45) is 7.05 Å². The molecule has 0 atom stereocenters. The first-order valence-electron chi connectivity index (χ1n) is 6.74. The van der Waals surface area contributed by atoms with Gasteiger partial charge in [-0.25, -0.2) is 4.98 Å². The summed E-state index contributed by atoms with van der Waals surface area (Å²) in [6.45, 7) is 4.08. The van der Waals surface area contributed by atoms with Crippen molar-refractivity contribution in [1.82, 2.24) is 24.3 Å². The third kappa shape index (κ3) is 2.71. The zero-order valence-electron chi connectivity index (χ0n) is 12.3. The maximum Gasteiger partial charge on any atom is 0.196 e. The Hall–Kier alpha value is -2.08. The zero-order valence-corrected chi connectivity index (χ0v) is 13.1. The molecule has 108 valence electrons. The molecule has 0 aliphatic carbocycles. The monoisotopic (exact) mass is 299 g/mol. The molecule has 0 unspecified atom stereocenters. The van der Waals surface area contributed by atoms with Crippen molar-refractivity contribution < 1.29 is 0 Å². The topological polar surface area (TPSA) is 48.5 Å². The molecular formula is C15H17N5S. The molecule has 0 aliphatic heterocycles. The minimum absolute atomic E-state index is 0.771. The van der Waals surface area contributed by atoms with Gasteiger partial charge in [0.15, 0.2) is 5.16 Å². The summed E-state index contributed by atoms with van der Waals surface area (Å²) in [6.07, 6.45) is 3.76. The van der Waals surface area contributed by atoms with E-state index in [-0.39, 0.29) is 0 Å². The first-order valence-corrected chi connectivity index (χ1v) is 7.72. The van der Waals surface area contributed by atoms with Crippen LogP contribution in [0, 0.1) is 13.8 Å². The van der Waals surface area contributed by atoms with Crippen molar-refractivity contribution in [1.29, 1.82) is 0 Å². The van der Waals surface area contributed by atoms with Crippen molar-refractivity contribution in [3.8, 4) is 5.69 Å². The van der Waals surface area contributed by atoms with Crippen LogP contribution in [0.3, 0.4) is 0 Å². The number of imidazole rings is 1. The van der Waals surface area contributed by atoms with Crippen LogP contribution in [0.4, 0.5) is 0 Å². The second kappa shape index (κ2) is 5.73. The molecule has 0 fully saturated rings. The number of benzene rings is 1. The van der Waals surface area contributed by atoms with Crippen LogP contribution in [0.2, 0.25) is 0 Å². The van der Waals surface area contributed by atoms with Gasteiger partial charge in [0.2, 0.25) is 0 Å². The maximum absolute atomic E-state index is 4.34. The predicted molar refractivity (Wildman–Crippen MR) is 83.6 cm³/mol. The number of aryl methyl sites for hydroxylation is 3. The van der Waals surface area contributed by atoms with Gasteiger partial charge in [0.25, 0.3) is 0 Å². The van der Waals surface area contributed by atoms with Gasteiger partial charge in [-0.1, -0.05) is 30.0 Å². The molecule has 1 aromatic carbocycles. The number of aromatic nitrogens is 5. The average molecular weight is 299 g/mol. The normalized spacial score (nSPS) is 11.0. The summed E-state index contributed by atoms with van der Waals surface area (Å²) in [6, 6.07) is 8.27. The number of hydrogen-bond donors (Lipinski definition) is 0. The van der Waals surface area contributed by atoms with Crippen molar-refractivity contribution in [3.05, 3.63) is 53.9 Å². The van der Waals surface area contributed by atoms with E-state index in [9.17, 15) is 0 Å². The highest BCUT2D eigenvalue weighted by Crippen LogP contribution is 2.25. The number of thioether (sulfide) groups is 1. The first kappa shape index (κ1) is 13.9. The summed E-state index contributed by atoms with van der Waals surface area (Å²) in [5.41, 5.74) is 2.33. The highest BCUT2D eigenvalue weighted by molar-refractivity contribution is 7.98. The third-order valence-corrected chi connectivity index (χ3v) is 4.33. The van der Waals surface area contributed by atoms with Gasteiger partial charge in [-0.2, -0.15) is 0 Å². The van der Waals surface area contributed by atoms with E-state index >= 15 is 0 Å². The average Bonchev–Trinajstić information content (AvgIpc) is 3.04. The molecule has 0 spiro atoms. The lowest BCUT2D eigenvalue weighted by Gasteiger charge is -2.11. The van der Waals surface area contributed by atoms with Crippen LogP contribution in [0.15, 0.2) is 41.8 Å². The minimum atomic E-state index is 0.771. The lowest BCUT2D eigenvalue weighted by atomic mass is 10.2. The fraction of sp³-hybridized carbons (Fsp3) is 0.267. The molecule has 21 heavy (non-hydrogen) atoms. The fourth-order valence-corrected chi connectivity index (χ4v) is 3.19. The number of para-hydroxylation sites is 1. The number of hydrogen-bond acceptors (Lipinski definition) is 4.